The summed E-state index contributed by atoms with van der Waals surface area (Å²) < 4.78 is 0. The van der Waals surface area contributed by atoms with Gasteiger partial charge in [0.25, 0.3) is 0 Å². The van der Waals surface area contributed by atoms with Gasteiger partial charge in [0.1, 0.15) is 0 Å². The van der Waals surface area contributed by atoms with Crippen LogP contribution in [0.5, 0.6) is 0 Å². The van der Waals surface area contributed by atoms with Gasteiger partial charge in [-0.25, -0.2) is 4.98 Å². The van der Waals surface area contributed by atoms with Crippen LogP contribution in [0.1, 0.15) is 16.7 Å². The molecule has 4 heteroatoms. The third kappa shape index (κ3) is 3.40. The lowest BCUT2D eigenvalue weighted by molar-refractivity contribution is 1.28. The van der Waals surface area contributed by atoms with E-state index in [0.717, 1.165) is 16.4 Å². The molecule has 3 nitrogen and oxygen atoms in total. The van der Waals surface area contributed by atoms with E-state index in [-0.39, 0.29) is 0 Å². The molecule has 0 radical (unpaired) electrons. The Labute approximate surface area is 134 Å². The summed E-state index contributed by atoms with van der Waals surface area (Å²) in [5.74, 6) is 0. The van der Waals surface area contributed by atoms with Crippen LogP contribution >= 0.6 is 11.3 Å². The molecule has 0 saturated heterocycles. The first kappa shape index (κ1) is 14.5. The van der Waals surface area contributed by atoms with Crippen LogP contribution in [0.2, 0.25) is 0 Å². The fraction of sp³-hybridized carbons (Fsp3) is 0.111. The lowest BCUT2D eigenvalue weighted by Gasteiger charge is -2.03. The quantitative estimate of drug-likeness (QED) is 0.551. The Morgan fingerprint density at radius 2 is 1.91 bits per heavy atom. The molecular formula is C18H17N3S. The lowest BCUT2D eigenvalue weighted by atomic mass is 10.0. The van der Waals surface area contributed by atoms with Crippen molar-refractivity contribution >= 4 is 22.7 Å². The van der Waals surface area contributed by atoms with Crippen molar-refractivity contribution in [1.82, 2.24) is 4.98 Å². The Kier molecular flexibility index (Phi) is 4.30. The molecule has 0 amide bonds. The van der Waals surface area contributed by atoms with Crippen molar-refractivity contribution < 1.29 is 0 Å². The predicted octanol–water partition coefficient (Wildman–Crippen LogP) is 4.87. The summed E-state index contributed by atoms with van der Waals surface area (Å²) in [4.78, 5) is 4.61. The van der Waals surface area contributed by atoms with Crippen molar-refractivity contribution in [3.8, 4) is 11.3 Å². The van der Waals surface area contributed by atoms with Gasteiger partial charge in [0, 0.05) is 10.9 Å². The van der Waals surface area contributed by atoms with Gasteiger partial charge in [0.15, 0.2) is 0 Å². The molecule has 0 aliphatic heterocycles. The van der Waals surface area contributed by atoms with Crippen molar-refractivity contribution in [3.63, 3.8) is 0 Å². The van der Waals surface area contributed by atoms with Crippen molar-refractivity contribution in [2.45, 2.75) is 13.8 Å². The summed E-state index contributed by atoms with van der Waals surface area (Å²) in [7, 11) is 0. The van der Waals surface area contributed by atoms with Crippen molar-refractivity contribution in [1.29, 1.82) is 0 Å². The molecule has 1 heterocycles. The van der Waals surface area contributed by atoms with Crippen LogP contribution in [-0.4, -0.2) is 11.2 Å². The highest BCUT2D eigenvalue weighted by atomic mass is 32.1. The zero-order valence-corrected chi connectivity index (χ0v) is 13.4. The van der Waals surface area contributed by atoms with Gasteiger partial charge in [-0.1, -0.05) is 48.0 Å². The fourth-order valence-electron chi connectivity index (χ4n) is 2.16. The number of hydrazone groups is 1. The van der Waals surface area contributed by atoms with E-state index in [1.54, 1.807) is 17.6 Å². The highest BCUT2D eigenvalue weighted by molar-refractivity contribution is 7.14. The molecule has 0 atom stereocenters. The Hall–Kier alpha value is -2.46. The number of rotatable bonds is 4. The third-order valence-electron chi connectivity index (χ3n) is 3.35. The summed E-state index contributed by atoms with van der Waals surface area (Å²) in [6.45, 7) is 4.20. The van der Waals surface area contributed by atoms with Crippen LogP contribution in [0.3, 0.4) is 0 Å². The molecule has 0 aliphatic carbocycles. The van der Waals surface area contributed by atoms with E-state index in [1.807, 2.05) is 30.3 Å². The topological polar surface area (TPSA) is 37.3 Å². The average Bonchev–Trinajstić information content (AvgIpc) is 2.99. The van der Waals surface area contributed by atoms with Crippen LogP contribution < -0.4 is 5.43 Å². The molecule has 0 bridgehead atoms. The average molecular weight is 307 g/mol. The molecule has 3 rings (SSSR count). The second-order valence-corrected chi connectivity index (χ2v) is 6.00. The maximum Gasteiger partial charge on any atom is 0.203 e. The molecule has 0 aliphatic rings. The van der Waals surface area contributed by atoms with E-state index < -0.39 is 0 Å². The van der Waals surface area contributed by atoms with E-state index in [2.05, 4.69) is 52.9 Å². The molecule has 0 spiro atoms. The molecule has 0 unspecified atom stereocenters. The largest absolute Gasteiger partial charge is 0.253 e. The number of benzene rings is 2. The van der Waals surface area contributed by atoms with Gasteiger partial charge >= 0.3 is 0 Å². The smallest absolute Gasteiger partial charge is 0.203 e. The normalized spacial score (nSPS) is 11.0. The Balaban J connectivity index is 1.74. The van der Waals surface area contributed by atoms with Crippen molar-refractivity contribution in [2.75, 3.05) is 5.43 Å². The van der Waals surface area contributed by atoms with Crippen LogP contribution in [0, 0.1) is 13.8 Å². The van der Waals surface area contributed by atoms with E-state index in [1.165, 1.54) is 16.7 Å². The maximum absolute atomic E-state index is 4.61. The molecule has 0 saturated carbocycles. The summed E-state index contributed by atoms with van der Waals surface area (Å²) in [5.41, 5.74) is 8.69. The third-order valence-corrected chi connectivity index (χ3v) is 4.09. The first-order chi connectivity index (χ1) is 10.7. The zero-order chi connectivity index (χ0) is 15.4. The highest BCUT2D eigenvalue weighted by Crippen LogP contribution is 2.28. The molecular weight excluding hydrogens is 290 g/mol. The Morgan fingerprint density at radius 3 is 2.73 bits per heavy atom. The fourth-order valence-corrected chi connectivity index (χ4v) is 2.82. The number of aromatic nitrogens is 1. The maximum atomic E-state index is 4.61. The summed E-state index contributed by atoms with van der Waals surface area (Å²) in [6.07, 6.45) is 1.79. The first-order valence-electron chi connectivity index (χ1n) is 7.09. The number of anilines is 1. The van der Waals surface area contributed by atoms with Crippen LogP contribution in [0.25, 0.3) is 11.3 Å². The second kappa shape index (κ2) is 6.54. The van der Waals surface area contributed by atoms with E-state index in [0.29, 0.717) is 0 Å². The number of nitrogens with zero attached hydrogens (tertiary/aromatic N) is 2. The van der Waals surface area contributed by atoms with Gasteiger partial charge in [0.05, 0.1) is 11.9 Å². The number of aryl methyl sites for hydroxylation is 2. The van der Waals surface area contributed by atoms with Crippen molar-refractivity contribution in [3.05, 3.63) is 70.6 Å². The number of hydrogen-bond acceptors (Lipinski definition) is 4. The molecule has 2 aromatic carbocycles. The minimum atomic E-state index is 0.795. The summed E-state index contributed by atoms with van der Waals surface area (Å²) >= 11 is 1.56. The lowest BCUT2D eigenvalue weighted by Crippen LogP contribution is -1.90. The van der Waals surface area contributed by atoms with Gasteiger partial charge in [-0.05, 0) is 31.0 Å². The van der Waals surface area contributed by atoms with E-state index in [4.69, 9.17) is 0 Å². The van der Waals surface area contributed by atoms with Gasteiger partial charge in [-0.15, -0.1) is 11.3 Å². The van der Waals surface area contributed by atoms with Crippen LogP contribution in [0.15, 0.2) is 59.0 Å². The molecule has 1 N–H and O–H groups in total. The number of hydrogen-bond donors (Lipinski definition) is 1. The van der Waals surface area contributed by atoms with Gasteiger partial charge in [-0.3, -0.25) is 5.43 Å². The predicted molar refractivity (Wildman–Crippen MR) is 94.7 cm³/mol. The molecule has 1 aromatic heterocycles. The van der Waals surface area contributed by atoms with Crippen molar-refractivity contribution in [2.24, 2.45) is 5.10 Å². The monoisotopic (exact) mass is 307 g/mol. The zero-order valence-electron chi connectivity index (χ0n) is 12.6. The first-order valence-corrected chi connectivity index (χ1v) is 7.97. The number of thiazole rings is 1. The molecule has 3 aromatic rings. The SMILES string of the molecule is Cc1ccc(C)c(-c2csc(N/N=C\c3ccccc3)n2)c1. The highest BCUT2D eigenvalue weighted by Gasteiger charge is 2.07. The van der Waals surface area contributed by atoms with E-state index in [9.17, 15) is 0 Å². The minimum Gasteiger partial charge on any atom is -0.253 e. The van der Waals surface area contributed by atoms with Gasteiger partial charge in [0.2, 0.25) is 5.13 Å². The summed E-state index contributed by atoms with van der Waals surface area (Å²) in [6, 6.07) is 16.4. The standard InChI is InChI=1S/C18H17N3S/c1-13-8-9-14(2)16(10-13)17-12-22-18(20-17)21-19-11-15-6-4-3-5-7-15/h3-12H,1-2H3,(H,20,21)/b19-11-. The van der Waals surface area contributed by atoms with Crippen LogP contribution in [-0.2, 0) is 0 Å². The summed E-state index contributed by atoms with van der Waals surface area (Å²) in [5, 5.41) is 7.08. The molecule has 22 heavy (non-hydrogen) atoms. The molecule has 0 fully saturated rings. The van der Waals surface area contributed by atoms with E-state index >= 15 is 0 Å². The molecule has 110 valence electrons. The number of nitrogens with one attached hydrogen (secondary N) is 1. The van der Waals surface area contributed by atoms with Gasteiger partial charge in [-0.2, -0.15) is 5.10 Å². The van der Waals surface area contributed by atoms with Crippen LogP contribution in [0.4, 0.5) is 5.13 Å². The second-order valence-electron chi connectivity index (χ2n) is 5.14. The Bertz CT molecular complexity index is 791. The van der Waals surface area contributed by atoms with Gasteiger partial charge < -0.3 is 0 Å². The Morgan fingerprint density at radius 1 is 1.09 bits per heavy atom. The minimum absolute atomic E-state index is 0.795.